The number of aromatic nitrogens is 1. The minimum Gasteiger partial charge on any atom is -0.432 e. The van der Waals surface area contributed by atoms with Gasteiger partial charge in [0.1, 0.15) is 0 Å². The van der Waals surface area contributed by atoms with Crippen LogP contribution in [0.15, 0.2) is 29.7 Å². The maximum absolute atomic E-state index is 11.4. The average Bonchev–Trinajstić information content (AvgIpc) is 2.15. The summed E-state index contributed by atoms with van der Waals surface area (Å²) in [5.41, 5.74) is -1.43. The molecule has 0 bridgehead atoms. The van der Waals surface area contributed by atoms with Gasteiger partial charge in [0.25, 0.3) is 10.8 Å². The van der Waals surface area contributed by atoms with Crippen molar-refractivity contribution < 1.29 is 8.83 Å². The molecule has 0 atom stereocenters. The second kappa shape index (κ2) is 3.71. The summed E-state index contributed by atoms with van der Waals surface area (Å²) in [6, 6.07) is 1.26. The summed E-state index contributed by atoms with van der Waals surface area (Å²) in [7, 11) is 0. The Labute approximate surface area is 92.1 Å². The molecule has 0 amide bonds. The SMILES string of the molecule is CSc1nc(=O)c2c(=O)oc(Cl)cc2o1. The van der Waals surface area contributed by atoms with E-state index in [1.165, 1.54) is 6.07 Å². The largest absolute Gasteiger partial charge is 0.432 e. The minimum atomic E-state index is -0.841. The zero-order valence-electron chi connectivity index (χ0n) is 7.44. The highest BCUT2D eigenvalue weighted by Crippen LogP contribution is 2.17. The van der Waals surface area contributed by atoms with Gasteiger partial charge in [-0.25, -0.2) is 4.79 Å². The Bertz CT molecular complexity index is 633. The molecule has 2 aromatic heterocycles. The molecule has 0 N–H and O–H groups in total. The van der Waals surface area contributed by atoms with Gasteiger partial charge in [-0.05, 0) is 17.9 Å². The molecular formula is C8H4ClNO4S. The summed E-state index contributed by atoms with van der Waals surface area (Å²) < 4.78 is 9.71. The number of thioether (sulfide) groups is 1. The van der Waals surface area contributed by atoms with E-state index in [1.807, 2.05) is 0 Å². The van der Waals surface area contributed by atoms with Crippen molar-refractivity contribution in [2.75, 3.05) is 6.26 Å². The van der Waals surface area contributed by atoms with E-state index in [0.717, 1.165) is 11.8 Å². The zero-order valence-corrected chi connectivity index (χ0v) is 9.02. The lowest BCUT2D eigenvalue weighted by molar-refractivity contribution is 0.450. The van der Waals surface area contributed by atoms with Crippen molar-refractivity contribution in [2.45, 2.75) is 5.22 Å². The van der Waals surface area contributed by atoms with Gasteiger partial charge in [-0.15, -0.1) is 0 Å². The number of hydrogen-bond acceptors (Lipinski definition) is 6. The molecule has 0 radical (unpaired) electrons. The third-order valence-electron chi connectivity index (χ3n) is 1.66. The van der Waals surface area contributed by atoms with Crippen molar-refractivity contribution in [3.05, 3.63) is 32.1 Å². The average molecular weight is 246 g/mol. The quantitative estimate of drug-likeness (QED) is 0.709. The summed E-state index contributed by atoms with van der Waals surface area (Å²) in [5, 5.41) is -0.180. The number of hydrogen-bond donors (Lipinski definition) is 0. The van der Waals surface area contributed by atoms with E-state index in [1.54, 1.807) is 6.26 Å². The smallest absolute Gasteiger partial charge is 0.353 e. The number of fused-ring (bicyclic) bond motifs is 1. The maximum atomic E-state index is 11.4. The molecule has 0 spiro atoms. The van der Waals surface area contributed by atoms with Crippen LogP contribution in [0.3, 0.4) is 0 Å². The molecule has 78 valence electrons. The van der Waals surface area contributed by atoms with Crippen LogP contribution in [0, 0.1) is 0 Å². The summed E-state index contributed by atoms with van der Waals surface area (Å²) in [5.74, 6) is 0. The van der Waals surface area contributed by atoms with Gasteiger partial charge in [-0.2, -0.15) is 4.98 Å². The van der Waals surface area contributed by atoms with Crippen LogP contribution in [0.1, 0.15) is 0 Å². The van der Waals surface area contributed by atoms with Crippen molar-refractivity contribution in [2.24, 2.45) is 0 Å². The van der Waals surface area contributed by atoms with E-state index < -0.39 is 11.2 Å². The predicted octanol–water partition coefficient (Wildman–Crippen LogP) is 1.52. The monoisotopic (exact) mass is 245 g/mol. The van der Waals surface area contributed by atoms with Gasteiger partial charge < -0.3 is 8.83 Å². The Morgan fingerprint density at radius 3 is 2.80 bits per heavy atom. The van der Waals surface area contributed by atoms with E-state index in [2.05, 4.69) is 9.40 Å². The molecule has 0 aliphatic rings. The summed E-state index contributed by atoms with van der Waals surface area (Å²) in [6.07, 6.45) is 1.70. The summed E-state index contributed by atoms with van der Waals surface area (Å²) in [6.45, 7) is 0. The van der Waals surface area contributed by atoms with Crippen molar-refractivity contribution in [3.63, 3.8) is 0 Å². The van der Waals surface area contributed by atoms with Gasteiger partial charge in [-0.3, -0.25) is 4.79 Å². The van der Waals surface area contributed by atoms with Crippen LogP contribution in [0.5, 0.6) is 0 Å². The van der Waals surface area contributed by atoms with Crippen molar-refractivity contribution in [1.29, 1.82) is 0 Å². The number of nitrogens with zero attached hydrogens (tertiary/aromatic N) is 1. The van der Waals surface area contributed by atoms with Crippen LogP contribution in [0.25, 0.3) is 11.0 Å². The first kappa shape index (κ1) is 10.3. The van der Waals surface area contributed by atoms with Crippen LogP contribution in [-0.4, -0.2) is 11.2 Å². The Morgan fingerprint density at radius 2 is 2.13 bits per heavy atom. The van der Waals surface area contributed by atoms with Gasteiger partial charge in [0.05, 0.1) is 0 Å². The van der Waals surface area contributed by atoms with E-state index in [9.17, 15) is 9.59 Å². The van der Waals surface area contributed by atoms with Crippen LogP contribution in [0.2, 0.25) is 5.22 Å². The number of halogens is 1. The Hall–Kier alpha value is -1.27. The predicted molar refractivity (Wildman–Crippen MR) is 55.6 cm³/mol. The molecule has 2 rings (SSSR count). The fraction of sp³-hybridized carbons (Fsp3) is 0.125. The fourth-order valence-corrected chi connectivity index (χ4v) is 1.58. The van der Waals surface area contributed by atoms with Gasteiger partial charge >= 0.3 is 5.63 Å². The zero-order chi connectivity index (χ0) is 11.0. The molecule has 0 aliphatic carbocycles. The molecule has 5 nitrogen and oxygen atoms in total. The van der Waals surface area contributed by atoms with E-state index in [4.69, 9.17) is 16.0 Å². The molecule has 0 aromatic carbocycles. The van der Waals surface area contributed by atoms with Crippen LogP contribution in [-0.2, 0) is 0 Å². The molecule has 0 fully saturated rings. The fourth-order valence-electron chi connectivity index (χ4n) is 1.06. The van der Waals surface area contributed by atoms with Crippen molar-refractivity contribution in [1.82, 2.24) is 4.98 Å². The van der Waals surface area contributed by atoms with E-state index in [-0.39, 0.29) is 21.4 Å². The first-order valence-electron chi connectivity index (χ1n) is 3.80. The maximum Gasteiger partial charge on any atom is 0.353 e. The second-order valence-corrected chi connectivity index (χ2v) is 3.70. The third kappa shape index (κ3) is 1.78. The molecule has 7 heteroatoms. The topological polar surface area (TPSA) is 73.3 Å². The van der Waals surface area contributed by atoms with Crippen molar-refractivity contribution in [3.8, 4) is 0 Å². The normalized spacial score (nSPS) is 10.8. The summed E-state index contributed by atoms with van der Waals surface area (Å²) in [4.78, 5) is 26.2. The summed E-state index contributed by atoms with van der Waals surface area (Å²) >= 11 is 6.67. The Kier molecular flexibility index (Phi) is 2.54. The molecule has 2 aromatic rings. The van der Waals surface area contributed by atoms with Crippen LogP contribution in [0.4, 0.5) is 0 Å². The molecular weight excluding hydrogens is 242 g/mol. The molecule has 0 unspecified atom stereocenters. The van der Waals surface area contributed by atoms with Crippen LogP contribution >= 0.6 is 23.4 Å². The molecule has 2 heterocycles. The standard InChI is InChI=1S/C8H4ClNO4S/c1-15-8-10-6(11)5-3(13-8)2-4(9)14-7(5)12/h2H,1H3. The first-order valence-corrected chi connectivity index (χ1v) is 5.40. The number of rotatable bonds is 1. The Balaban J connectivity index is 2.98. The van der Waals surface area contributed by atoms with E-state index >= 15 is 0 Å². The van der Waals surface area contributed by atoms with Gasteiger partial charge in [-0.1, -0.05) is 11.8 Å². The third-order valence-corrected chi connectivity index (χ3v) is 2.37. The molecule has 0 saturated carbocycles. The van der Waals surface area contributed by atoms with Gasteiger partial charge in [0.15, 0.2) is 11.0 Å². The lowest BCUT2D eigenvalue weighted by atomic mass is 10.3. The minimum absolute atomic E-state index is 0.0839. The van der Waals surface area contributed by atoms with E-state index in [0.29, 0.717) is 0 Å². The first-order chi connectivity index (χ1) is 7.11. The lowest BCUT2D eigenvalue weighted by Crippen LogP contribution is -2.15. The highest BCUT2D eigenvalue weighted by molar-refractivity contribution is 7.98. The molecule has 15 heavy (non-hydrogen) atoms. The second-order valence-electron chi connectivity index (χ2n) is 2.57. The van der Waals surface area contributed by atoms with Gasteiger partial charge in [0.2, 0.25) is 5.22 Å². The van der Waals surface area contributed by atoms with Crippen molar-refractivity contribution >= 4 is 34.3 Å². The lowest BCUT2D eigenvalue weighted by Gasteiger charge is -1.97. The highest BCUT2D eigenvalue weighted by Gasteiger charge is 2.12. The molecule has 0 aliphatic heterocycles. The highest BCUT2D eigenvalue weighted by atomic mass is 35.5. The van der Waals surface area contributed by atoms with Gasteiger partial charge in [0, 0.05) is 6.07 Å². The molecule has 0 saturated heterocycles. The van der Waals surface area contributed by atoms with Crippen LogP contribution < -0.4 is 11.2 Å². The Morgan fingerprint density at radius 1 is 1.40 bits per heavy atom.